The van der Waals surface area contributed by atoms with Gasteiger partial charge in [-0.3, -0.25) is 4.79 Å². The van der Waals surface area contributed by atoms with Crippen LogP contribution in [0.4, 0.5) is 10.1 Å². The summed E-state index contributed by atoms with van der Waals surface area (Å²) in [6.45, 7) is 5.27. The number of rotatable bonds is 5. The van der Waals surface area contributed by atoms with E-state index in [1.807, 2.05) is 6.92 Å². The summed E-state index contributed by atoms with van der Waals surface area (Å²) in [4.78, 5) is 16.3. The topological polar surface area (TPSA) is 41.6 Å². The SMILES string of the molecule is CC(NC(=O)c1ccc(-c2ccccc2F)s1)c1ccc(N2CCOCC2)cc1. The Morgan fingerprint density at radius 3 is 2.52 bits per heavy atom. The van der Waals surface area contributed by atoms with Crippen molar-refractivity contribution in [3.63, 3.8) is 0 Å². The Morgan fingerprint density at radius 1 is 1.07 bits per heavy atom. The second kappa shape index (κ2) is 8.76. The first kappa shape index (κ1) is 19.6. The van der Waals surface area contributed by atoms with Crippen molar-refractivity contribution >= 4 is 22.9 Å². The van der Waals surface area contributed by atoms with Crippen molar-refractivity contribution in [2.75, 3.05) is 31.2 Å². The van der Waals surface area contributed by atoms with Crippen LogP contribution in [0.2, 0.25) is 0 Å². The number of halogens is 1. The predicted octanol–water partition coefficient (Wildman–Crippen LogP) is 4.88. The highest BCUT2D eigenvalue weighted by Gasteiger charge is 2.16. The van der Waals surface area contributed by atoms with Gasteiger partial charge in [0.05, 0.1) is 24.1 Å². The Labute approximate surface area is 173 Å². The number of carbonyl (C=O) groups excluding carboxylic acids is 1. The molecule has 150 valence electrons. The van der Waals surface area contributed by atoms with Gasteiger partial charge in [-0.05, 0) is 42.8 Å². The average molecular weight is 411 g/mol. The van der Waals surface area contributed by atoms with E-state index < -0.39 is 0 Å². The molecular formula is C23H23FN2O2S. The third-order valence-corrected chi connectivity index (χ3v) is 6.20. The normalized spacial score (nSPS) is 15.2. The maximum Gasteiger partial charge on any atom is 0.261 e. The van der Waals surface area contributed by atoms with Crippen LogP contribution in [0.5, 0.6) is 0 Å². The van der Waals surface area contributed by atoms with Gasteiger partial charge in [0.1, 0.15) is 5.82 Å². The molecule has 1 atom stereocenters. The monoisotopic (exact) mass is 410 g/mol. The van der Waals surface area contributed by atoms with Crippen LogP contribution in [0, 0.1) is 5.82 Å². The van der Waals surface area contributed by atoms with Crippen molar-refractivity contribution in [1.29, 1.82) is 0 Å². The third kappa shape index (κ3) is 4.49. The Kier molecular flexibility index (Phi) is 5.92. The van der Waals surface area contributed by atoms with Crippen molar-refractivity contribution in [1.82, 2.24) is 5.32 Å². The molecule has 1 N–H and O–H groups in total. The highest BCUT2D eigenvalue weighted by Crippen LogP contribution is 2.30. The first-order chi connectivity index (χ1) is 14.1. The van der Waals surface area contributed by atoms with Crippen molar-refractivity contribution in [2.24, 2.45) is 0 Å². The minimum absolute atomic E-state index is 0.125. The summed E-state index contributed by atoms with van der Waals surface area (Å²) in [5.74, 6) is -0.433. The first-order valence-corrected chi connectivity index (χ1v) is 10.5. The number of anilines is 1. The molecule has 1 unspecified atom stereocenters. The molecule has 0 aliphatic carbocycles. The Hall–Kier alpha value is -2.70. The maximum absolute atomic E-state index is 14.0. The molecule has 1 saturated heterocycles. The first-order valence-electron chi connectivity index (χ1n) is 9.70. The van der Waals surface area contributed by atoms with Crippen LogP contribution < -0.4 is 10.2 Å². The van der Waals surface area contributed by atoms with E-state index in [4.69, 9.17) is 4.74 Å². The summed E-state index contributed by atoms with van der Waals surface area (Å²) >= 11 is 1.30. The van der Waals surface area contributed by atoms with Crippen LogP contribution in [-0.2, 0) is 4.74 Å². The van der Waals surface area contributed by atoms with E-state index in [1.165, 1.54) is 23.1 Å². The number of amides is 1. The van der Waals surface area contributed by atoms with Gasteiger partial charge in [0.25, 0.3) is 5.91 Å². The van der Waals surface area contributed by atoms with E-state index >= 15 is 0 Å². The second-order valence-corrected chi connectivity index (χ2v) is 8.11. The molecule has 1 aliphatic heterocycles. The zero-order chi connectivity index (χ0) is 20.2. The molecule has 29 heavy (non-hydrogen) atoms. The summed E-state index contributed by atoms with van der Waals surface area (Å²) in [6, 6.07) is 18.3. The largest absolute Gasteiger partial charge is 0.378 e. The molecule has 2 aromatic carbocycles. The molecule has 1 aromatic heterocycles. The highest BCUT2D eigenvalue weighted by molar-refractivity contribution is 7.17. The number of carbonyl (C=O) groups is 1. The number of ether oxygens (including phenoxy) is 1. The quantitative estimate of drug-likeness (QED) is 0.652. The molecule has 6 heteroatoms. The van der Waals surface area contributed by atoms with E-state index in [0.29, 0.717) is 10.4 Å². The molecule has 1 amide bonds. The van der Waals surface area contributed by atoms with Crippen LogP contribution in [0.25, 0.3) is 10.4 Å². The minimum atomic E-state index is -0.282. The van der Waals surface area contributed by atoms with Crippen molar-refractivity contribution in [2.45, 2.75) is 13.0 Å². The van der Waals surface area contributed by atoms with E-state index in [-0.39, 0.29) is 17.8 Å². The Morgan fingerprint density at radius 2 is 1.79 bits per heavy atom. The average Bonchev–Trinajstić information content (AvgIpc) is 3.25. The Balaban J connectivity index is 1.41. The van der Waals surface area contributed by atoms with Crippen LogP contribution in [-0.4, -0.2) is 32.2 Å². The van der Waals surface area contributed by atoms with Crippen LogP contribution in [0.3, 0.4) is 0 Å². The van der Waals surface area contributed by atoms with E-state index in [2.05, 4.69) is 34.5 Å². The predicted molar refractivity (Wildman–Crippen MR) is 115 cm³/mol. The zero-order valence-electron chi connectivity index (χ0n) is 16.2. The van der Waals surface area contributed by atoms with Gasteiger partial charge < -0.3 is 15.0 Å². The number of nitrogens with zero attached hydrogens (tertiary/aromatic N) is 1. The molecule has 1 fully saturated rings. The lowest BCUT2D eigenvalue weighted by atomic mass is 10.1. The maximum atomic E-state index is 14.0. The molecule has 1 aliphatic rings. The fourth-order valence-corrected chi connectivity index (χ4v) is 4.35. The van der Waals surface area contributed by atoms with Crippen molar-refractivity contribution < 1.29 is 13.9 Å². The smallest absolute Gasteiger partial charge is 0.261 e. The minimum Gasteiger partial charge on any atom is -0.378 e. The van der Waals surface area contributed by atoms with Gasteiger partial charge >= 0.3 is 0 Å². The van der Waals surface area contributed by atoms with E-state index in [0.717, 1.165) is 36.7 Å². The van der Waals surface area contributed by atoms with Gasteiger partial charge in [0.15, 0.2) is 0 Å². The number of morpholine rings is 1. The van der Waals surface area contributed by atoms with Gasteiger partial charge in [-0.2, -0.15) is 0 Å². The molecule has 4 rings (SSSR count). The molecule has 0 saturated carbocycles. The zero-order valence-corrected chi connectivity index (χ0v) is 17.0. The van der Waals surface area contributed by atoms with Gasteiger partial charge in [-0.1, -0.05) is 30.3 Å². The van der Waals surface area contributed by atoms with Crippen LogP contribution in [0.15, 0.2) is 60.7 Å². The number of hydrogen-bond acceptors (Lipinski definition) is 4. The summed E-state index contributed by atoms with van der Waals surface area (Å²) in [5, 5.41) is 3.04. The number of thiophene rings is 1. The fourth-order valence-electron chi connectivity index (χ4n) is 3.41. The summed E-state index contributed by atoms with van der Waals surface area (Å²) in [6.07, 6.45) is 0. The number of benzene rings is 2. The van der Waals surface area contributed by atoms with Crippen molar-refractivity contribution in [3.8, 4) is 10.4 Å². The molecular weight excluding hydrogens is 387 g/mol. The highest BCUT2D eigenvalue weighted by atomic mass is 32.1. The lowest BCUT2D eigenvalue weighted by molar-refractivity contribution is 0.0944. The van der Waals surface area contributed by atoms with Gasteiger partial charge in [0.2, 0.25) is 0 Å². The number of nitrogens with one attached hydrogen (secondary N) is 1. The molecule has 0 bridgehead atoms. The lowest BCUT2D eigenvalue weighted by Crippen LogP contribution is -2.36. The van der Waals surface area contributed by atoms with Crippen LogP contribution >= 0.6 is 11.3 Å². The summed E-state index contributed by atoms with van der Waals surface area (Å²) in [7, 11) is 0. The van der Waals surface area contributed by atoms with E-state index in [1.54, 1.807) is 30.3 Å². The summed E-state index contributed by atoms with van der Waals surface area (Å²) < 4.78 is 19.4. The summed E-state index contributed by atoms with van der Waals surface area (Å²) in [5.41, 5.74) is 2.73. The number of hydrogen-bond donors (Lipinski definition) is 1. The van der Waals surface area contributed by atoms with Crippen molar-refractivity contribution in [3.05, 3.63) is 76.9 Å². The van der Waals surface area contributed by atoms with Crippen LogP contribution in [0.1, 0.15) is 28.2 Å². The molecule has 0 radical (unpaired) electrons. The molecule has 4 nitrogen and oxygen atoms in total. The standard InChI is InChI=1S/C23H23FN2O2S/c1-16(17-6-8-18(9-7-17)26-12-14-28-15-13-26)25-23(27)22-11-10-21(29-22)19-4-2-3-5-20(19)24/h2-11,16H,12-15H2,1H3,(H,25,27). The Bertz CT molecular complexity index is 981. The van der Waals surface area contributed by atoms with Gasteiger partial charge in [-0.15, -0.1) is 11.3 Å². The molecule has 2 heterocycles. The second-order valence-electron chi connectivity index (χ2n) is 7.03. The molecule has 3 aromatic rings. The third-order valence-electron chi connectivity index (χ3n) is 5.09. The molecule has 0 spiro atoms. The van der Waals surface area contributed by atoms with E-state index in [9.17, 15) is 9.18 Å². The fraction of sp³-hybridized carbons (Fsp3) is 0.261. The lowest BCUT2D eigenvalue weighted by Gasteiger charge is -2.29. The van der Waals surface area contributed by atoms with Gasteiger partial charge in [0, 0.05) is 29.2 Å². The van der Waals surface area contributed by atoms with Gasteiger partial charge in [-0.25, -0.2) is 4.39 Å².